The normalized spacial score (nSPS) is 11.8. The molecule has 0 atom stereocenters. The standard InChI is InChI=1S/C11H14F2N2O2/c1-3-14(4-2)11(12,13)9-7-5-6-8-10(9)15(16)17/h5-8H,3-4H2,1-2H3. The largest absolute Gasteiger partial charge is 0.338 e. The number of para-hydroxylation sites is 1. The van der Waals surface area contributed by atoms with Gasteiger partial charge in [-0.3, -0.25) is 10.1 Å². The Kier molecular flexibility index (Phi) is 4.11. The lowest BCUT2D eigenvalue weighted by Gasteiger charge is -2.28. The quantitative estimate of drug-likeness (QED) is 0.454. The maximum Gasteiger partial charge on any atom is 0.338 e. The molecule has 0 N–H and O–H groups in total. The lowest BCUT2D eigenvalue weighted by atomic mass is 10.1. The lowest BCUT2D eigenvalue weighted by Crippen LogP contribution is -2.39. The molecule has 6 heteroatoms. The maximum absolute atomic E-state index is 14.1. The number of alkyl halides is 2. The Morgan fingerprint density at radius 1 is 1.29 bits per heavy atom. The van der Waals surface area contributed by atoms with Gasteiger partial charge in [0.1, 0.15) is 5.56 Å². The molecule has 1 aromatic carbocycles. The molecule has 1 rings (SSSR count). The number of nitro benzene ring substituents is 1. The number of halogens is 2. The van der Waals surface area contributed by atoms with Crippen molar-refractivity contribution in [2.24, 2.45) is 0 Å². The molecule has 0 aliphatic rings. The first-order valence-corrected chi connectivity index (χ1v) is 5.31. The van der Waals surface area contributed by atoms with E-state index in [2.05, 4.69) is 0 Å². The van der Waals surface area contributed by atoms with Crippen LogP contribution in [0.4, 0.5) is 14.5 Å². The van der Waals surface area contributed by atoms with Crippen LogP contribution in [0.3, 0.4) is 0 Å². The van der Waals surface area contributed by atoms with Crippen molar-refractivity contribution in [1.29, 1.82) is 0 Å². The highest BCUT2D eigenvalue weighted by molar-refractivity contribution is 5.42. The molecule has 0 spiro atoms. The van der Waals surface area contributed by atoms with Gasteiger partial charge in [-0.05, 0) is 6.07 Å². The summed E-state index contributed by atoms with van der Waals surface area (Å²) in [5, 5.41) is 10.7. The van der Waals surface area contributed by atoms with E-state index >= 15 is 0 Å². The minimum Gasteiger partial charge on any atom is -0.258 e. The smallest absolute Gasteiger partial charge is 0.258 e. The molecule has 0 saturated heterocycles. The molecule has 0 bridgehead atoms. The molecule has 0 heterocycles. The van der Waals surface area contributed by atoms with E-state index in [1.54, 1.807) is 13.8 Å². The highest BCUT2D eigenvalue weighted by Crippen LogP contribution is 2.37. The van der Waals surface area contributed by atoms with Crippen LogP contribution < -0.4 is 0 Å². The van der Waals surface area contributed by atoms with E-state index < -0.39 is 22.2 Å². The second-order valence-corrected chi connectivity index (χ2v) is 3.49. The Bertz CT molecular complexity index is 406. The highest BCUT2D eigenvalue weighted by Gasteiger charge is 2.42. The molecule has 1 aromatic rings. The van der Waals surface area contributed by atoms with Gasteiger partial charge in [0.15, 0.2) is 0 Å². The van der Waals surface area contributed by atoms with Crippen molar-refractivity contribution in [1.82, 2.24) is 4.90 Å². The summed E-state index contributed by atoms with van der Waals surface area (Å²) in [7, 11) is 0. The van der Waals surface area contributed by atoms with Crippen molar-refractivity contribution in [3.05, 3.63) is 39.9 Å². The average Bonchev–Trinajstić information content (AvgIpc) is 2.30. The summed E-state index contributed by atoms with van der Waals surface area (Å²) in [5.74, 6) is 0. The molecule has 0 unspecified atom stereocenters. The van der Waals surface area contributed by atoms with Gasteiger partial charge >= 0.3 is 6.05 Å². The first-order chi connectivity index (χ1) is 7.95. The van der Waals surface area contributed by atoms with Crippen molar-refractivity contribution in [2.75, 3.05) is 13.1 Å². The third kappa shape index (κ3) is 2.58. The minimum absolute atomic E-state index is 0.121. The third-order valence-corrected chi connectivity index (χ3v) is 2.59. The predicted octanol–water partition coefficient (Wildman–Crippen LogP) is 2.99. The van der Waals surface area contributed by atoms with Crippen molar-refractivity contribution in [3.63, 3.8) is 0 Å². The molecular formula is C11H14F2N2O2. The molecule has 0 aliphatic heterocycles. The van der Waals surface area contributed by atoms with Crippen LogP contribution in [0.1, 0.15) is 19.4 Å². The van der Waals surface area contributed by atoms with Crippen LogP contribution in [0.5, 0.6) is 0 Å². The van der Waals surface area contributed by atoms with E-state index in [1.807, 2.05) is 0 Å². The van der Waals surface area contributed by atoms with Crippen molar-refractivity contribution < 1.29 is 13.7 Å². The molecule has 17 heavy (non-hydrogen) atoms. The second-order valence-electron chi connectivity index (χ2n) is 3.49. The lowest BCUT2D eigenvalue weighted by molar-refractivity contribution is -0.388. The van der Waals surface area contributed by atoms with Gasteiger partial charge < -0.3 is 0 Å². The third-order valence-electron chi connectivity index (χ3n) is 2.59. The van der Waals surface area contributed by atoms with Crippen LogP contribution in [-0.2, 0) is 6.05 Å². The molecular weight excluding hydrogens is 230 g/mol. The summed E-state index contributed by atoms with van der Waals surface area (Å²) in [5.41, 5.74) is -1.11. The Morgan fingerprint density at radius 2 is 1.82 bits per heavy atom. The van der Waals surface area contributed by atoms with Gasteiger partial charge in [0, 0.05) is 19.2 Å². The van der Waals surface area contributed by atoms with Crippen LogP contribution >= 0.6 is 0 Å². The number of hydrogen-bond donors (Lipinski definition) is 0. The summed E-state index contributed by atoms with van der Waals surface area (Å²) in [6.45, 7) is 3.42. The summed E-state index contributed by atoms with van der Waals surface area (Å²) >= 11 is 0. The zero-order chi connectivity index (χ0) is 13.1. The molecule has 0 aromatic heterocycles. The Morgan fingerprint density at radius 3 is 2.29 bits per heavy atom. The van der Waals surface area contributed by atoms with Gasteiger partial charge in [-0.2, -0.15) is 8.78 Å². The van der Waals surface area contributed by atoms with Gasteiger partial charge in [-0.1, -0.05) is 26.0 Å². The van der Waals surface area contributed by atoms with Gasteiger partial charge in [-0.25, -0.2) is 4.90 Å². The SMILES string of the molecule is CCN(CC)C(F)(F)c1ccccc1[N+](=O)[O-]. The van der Waals surface area contributed by atoms with Crippen LogP contribution in [0, 0.1) is 10.1 Å². The molecule has 0 saturated carbocycles. The summed E-state index contributed by atoms with van der Waals surface area (Å²) in [4.78, 5) is 10.8. The van der Waals surface area contributed by atoms with Crippen molar-refractivity contribution in [2.45, 2.75) is 19.9 Å². The van der Waals surface area contributed by atoms with E-state index in [0.717, 1.165) is 17.0 Å². The summed E-state index contributed by atoms with van der Waals surface area (Å²) in [6, 6.07) is 1.61. The number of benzene rings is 1. The topological polar surface area (TPSA) is 46.4 Å². The fraction of sp³-hybridized carbons (Fsp3) is 0.455. The molecule has 0 fully saturated rings. The Balaban J connectivity index is 3.27. The van der Waals surface area contributed by atoms with Crippen molar-refractivity contribution >= 4 is 5.69 Å². The Hall–Kier alpha value is -1.56. The highest BCUT2D eigenvalue weighted by atomic mass is 19.3. The van der Waals surface area contributed by atoms with E-state index in [4.69, 9.17) is 0 Å². The van der Waals surface area contributed by atoms with Crippen LogP contribution in [0.25, 0.3) is 0 Å². The first kappa shape index (κ1) is 13.5. The molecule has 0 radical (unpaired) electrons. The number of nitrogens with zero attached hydrogens (tertiary/aromatic N) is 2. The van der Waals surface area contributed by atoms with Gasteiger partial charge in [0.2, 0.25) is 0 Å². The first-order valence-electron chi connectivity index (χ1n) is 5.31. The molecule has 94 valence electrons. The maximum atomic E-state index is 14.1. The average molecular weight is 244 g/mol. The van der Waals surface area contributed by atoms with E-state index in [0.29, 0.717) is 0 Å². The van der Waals surface area contributed by atoms with Crippen LogP contribution in [0.2, 0.25) is 0 Å². The zero-order valence-corrected chi connectivity index (χ0v) is 9.69. The van der Waals surface area contributed by atoms with Crippen molar-refractivity contribution in [3.8, 4) is 0 Å². The van der Waals surface area contributed by atoms with E-state index in [-0.39, 0.29) is 13.1 Å². The van der Waals surface area contributed by atoms with Gasteiger partial charge in [0.05, 0.1) is 4.92 Å². The number of nitro groups is 1. The summed E-state index contributed by atoms with van der Waals surface area (Å²) in [6.07, 6.45) is 0. The fourth-order valence-electron chi connectivity index (χ4n) is 1.68. The fourth-order valence-corrected chi connectivity index (χ4v) is 1.68. The number of hydrogen-bond acceptors (Lipinski definition) is 3. The van der Waals surface area contributed by atoms with E-state index in [1.165, 1.54) is 12.1 Å². The van der Waals surface area contributed by atoms with Crippen LogP contribution in [-0.4, -0.2) is 22.9 Å². The molecule has 0 amide bonds. The van der Waals surface area contributed by atoms with Gasteiger partial charge in [-0.15, -0.1) is 0 Å². The Labute approximate surface area is 98.0 Å². The zero-order valence-electron chi connectivity index (χ0n) is 9.69. The minimum atomic E-state index is -3.33. The second kappa shape index (κ2) is 5.18. The molecule has 4 nitrogen and oxygen atoms in total. The molecule has 0 aliphatic carbocycles. The van der Waals surface area contributed by atoms with Gasteiger partial charge in [0.25, 0.3) is 5.69 Å². The monoisotopic (exact) mass is 244 g/mol. The predicted molar refractivity (Wildman–Crippen MR) is 59.9 cm³/mol. The number of rotatable bonds is 5. The summed E-state index contributed by atoms with van der Waals surface area (Å²) < 4.78 is 28.1. The van der Waals surface area contributed by atoms with Crippen LogP contribution in [0.15, 0.2) is 24.3 Å². The van der Waals surface area contributed by atoms with E-state index in [9.17, 15) is 18.9 Å².